The highest BCUT2D eigenvalue weighted by Crippen LogP contribution is 2.35. The fourth-order valence-corrected chi connectivity index (χ4v) is 3.89. The Morgan fingerprint density at radius 3 is 2.58 bits per heavy atom. The van der Waals surface area contributed by atoms with Gasteiger partial charge in [-0.3, -0.25) is 4.79 Å². The van der Waals surface area contributed by atoms with Gasteiger partial charge in [0.15, 0.2) is 11.5 Å². The Hall–Kier alpha value is -3.55. The first kappa shape index (κ1) is 20.7. The van der Waals surface area contributed by atoms with Gasteiger partial charge in [-0.05, 0) is 61.7 Å². The van der Waals surface area contributed by atoms with Gasteiger partial charge in [-0.25, -0.2) is 0 Å². The molecule has 1 aliphatic heterocycles. The Labute approximate surface area is 180 Å². The van der Waals surface area contributed by atoms with Crippen LogP contribution in [0.2, 0.25) is 0 Å². The Balaban J connectivity index is 1.59. The predicted molar refractivity (Wildman–Crippen MR) is 114 cm³/mol. The highest BCUT2D eigenvalue weighted by atomic mass is 16.5. The number of hydrogen-bond acceptors (Lipinski definition) is 7. The lowest BCUT2D eigenvalue weighted by Crippen LogP contribution is -2.31. The number of carbonyl (C=O) groups is 1. The van der Waals surface area contributed by atoms with Crippen LogP contribution in [0.25, 0.3) is 11.4 Å². The van der Waals surface area contributed by atoms with Crippen LogP contribution < -0.4 is 14.2 Å². The molecule has 1 saturated heterocycles. The maximum atomic E-state index is 13.2. The molecular weight excluding hydrogens is 398 g/mol. The molecular formula is C23H25N3O5. The lowest BCUT2D eigenvalue weighted by molar-refractivity contribution is 0.0709. The summed E-state index contributed by atoms with van der Waals surface area (Å²) >= 11 is 0. The third-order valence-electron chi connectivity index (χ3n) is 5.55. The van der Waals surface area contributed by atoms with Crippen molar-refractivity contribution >= 4 is 5.91 Å². The van der Waals surface area contributed by atoms with E-state index in [1.807, 2.05) is 19.1 Å². The molecule has 1 fully saturated rings. The quantitative estimate of drug-likeness (QED) is 0.591. The highest BCUT2D eigenvalue weighted by molar-refractivity contribution is 5.96. The van der Waals surface area contributed by atoms with Gasteiger partial charge >= 0.3 is 0 Å². The molecule has 31 heavy (non-hydrogen) atoms. The van der Waals surface area contributed by atoms with Gasteiger partial charge in [0.2, 0.25) is 11.7 Å². The summed E-state index contributed by atoms with van der Waals surface area (Å²) in [6, 6.07) is 10.6. The SMILES string of the molecule is COc1ccc(C(=O)N2CCC[C@@H]2c2nc(-c3ccc(OC)c(OC)c3)no2)c(C)c1. The van der Waals surface area contributed by atoms with E-state index >= 15 is 0 Å². The average molecular weight is 423 g/mol. The standard InChI is InChI=1S/C23H25N3O5/c1-14-12-16(28-2)8-9-17(14)23(27)26-11-5-6-18(26)22-24-21(25-31-22)15-7-10-19(29-3)20(13-15)30-4/h7-10,12-13,18H,5-6,11H2,1-4H3/t18-/m1/s1. The summed E-state index contributed by atoms with van der Waals surface area (Å²) in [5, 5.41) is 4.13. The van der Waals surface area contributed by atoms with Crippen LogP contribution in [0.15, 0.2) is 40.9 Å². The highest BCUT2D eigenvalue weighted by Gasteiger charge is 2.35. The summed E-state index contributed by atoms with van der Waals surface area (Å²) in [6.07, 6.45) is 1.65. The van der Waals surface area contributed by atoms with Crippen LogP contribution in [0.5, 0.6) is 17.2 Å². The number of benzene rings is 2. The van der Waals surface area contributed by atoms with Gasteiger partial charge in [0.05, 0.1) is 21.3 Å². The molecule has 0 unspecified atom stereocenters. The van der Waals surface area contributed by atoms with Gasteiger partial charge in [0, 0.05) is 17.7 Å². The minimum atomic E-state index is -0.254. The number of amides is 1. The van der Waals surface area contributed by atoms with Gasteiger partial charge in [0.1, 0.15) is 11.8 Å². The first-order valence-corrected chi connectivity index (χ1v) is 10.1. The zero-order valence-electron chi connectivity index (χ0n) is 18.0. The zero-order chi connectivity index (χ0) is 22.0. The number of aromatic nitrogens is 2. The minimum absolute atomic E-state index is 0.0477. The number of likely N-dealkylation sites (tertiary alicyclic amines) is 1. The number of nitrogens with zero attached hydrogens (tertiary/aromatic N) is 3. The van der Waals surface area contributed by atoms with E-state index < -0.39 is 0 Å². The van der Waals surface area contributed by atoms with E-state index in [4.69, 9.17) is 18.7 Å². The van der Waals surface area contributed by atoms with Crippen LogP contribution in [0, 0.1) is 6.92 Å². The van der Waals surface area contributed by atoms with Crippen LogP contribution in [0.1, 0.15) is 40.7 Å². The van der Waals surface area contributed by atoms with Gasteiger partial charge in [-0.2, -0.15) is 4.98 Å². The van der Waals surface area contributed by atoms with Crippen molar-refractivity contribution < 1.29 is 23.5 Å². The van der Waals surface area contributed by atoms with E-state index in [9.17, 15) is 4.79 Å². The molecule has 2 heterocycles. The summed E-state index contributed by atoms with van der Waals surface area (Å²) in [6.45, 7) is 2.55. The summed E-state index contributed by atoms with van der Waals surface area (Å²) in [4.78, 5) is 19.6. The Kier molecular flexibility index (Phi) is 5.79. The third-order valence-corrected chi connectivity index (χ3v) is 5.55. The fraction of sp³-hybridized carbons (Fsp3) is 0.348. The smallest absolute Gasteiger partial charge is 0.254 e. The number of methoxy groups -OCH3 is 3. The molecule has 1 atom stereocenters. The molecule has 3 aromatic rings. The summed E-state index contributed by atoms with van der Waals surface area (Å²) < 4.78 is 21.5. The second kappa shape index (κ2) is 8.67. The zero-order valence-corrected chi connectivity index (χ0v) is 18.0. The van der Waals surface area contributed by atoms with Crippen molar-refractivity contribution in [3.05, 3.63) is 53.4 Å². The van der Waals surface area contributed by atoms with Crippen molar-refractivity contribution in [2.24, 2.45) is 0 Å². The van der Waals surface area contributed by atoms with Gasteiger partial charge in [-0.1, -0.05) is 5.16 Å². The van der Waals surface area contributed by atoms with Crippen LogP contribution in [-0.2, 0) is 0 Å². The van der Waals surface area contributed by atoms with Crippen molar-refractivity contribution in [3.8, 4) is 28.6 Å². The molecule has 8 heteroatoms. The number of aryl methyl sites for hydroxylation is 1. The van der Waals surface area contributed by atoms with Crippen LogP contribution in [0.4, 0.5) is 0 Å². The van der Waals surface area contributed by atoms with E-state index in [0.717, 1.165) is 29.7 Å². The van der Waals surface area contributed by atoms with Crippen molar-refractivity contribution in [3.63, 3.8) is 0 Å². The Bertz CT molecular complexity index is 1090. The molecule has 2 aromatic carbocycles. The second-order valence-corrected chi connectivity index (χ2v) is 7.36. The molecule has 0 aliphatic carbocycles. The van der Waals surface area contributed by atoms with Crippen molar-refractivity contribution in [1.29, 1.82) is 0 Å². The van der Waals surface area contributed by atoms with E-state index in [-0.39, 0.29) is 11.9 Å². The van der Waals surface area contributed by atoms with E-state index in [0.29, 0.717) is 35.3 Å². The number of hydrogen-bond donors (Lipinski definition) is 0. The van der Waals surface area contributed by atoms with E-state index in [1.165, 1.54) is 0 Å². The molecule has 1 aliphatic rings. The first-order chi connectivity index (χ1) is 15.0. The molecule has 1 amide bonds. The summed E-state index contributed by atoms with van der Waals surface area (Å²) in [7, 11) is 4.77. The first-order valence-electron chi connectivity index (χ1n) is 10.1. The second-order valence-electron chi connectivity index (χ2n) is 7.36. The monoisotopic (exact) mass is 423 g/mol. The largest absolute Gasteiger partial charge is 0.497 e. The summed E-state index contributed by atoms with van der Waals surface area (Å²) in [5.74, 6) is 2.76. The number of ether oxygens (including phenoxy) is 3. The van der Waals surface area contributed by atoms with E-state index in [2.05, 4.69) is 10.1 Å². The lowest BCUT2D eigenvalue weighted by Gasteiger charge is -2.23. The molecule has 0 radical (unpaired) electrons. The number of carbonyl (C=O) groups excluding carboxylic acids is 1. The van der Waals surface area contributed by atoms with E-state index in [1.54, 1.807) is 50.5 Å². The summed E-state index contributed by atoms with van der Waals surface area (Å²) in [5.41, 5.74) is 2.26. The fourth-order valence-electron chi connectivity index (χ4n) is 3.89. The minimum Gasteiger partial charge on any atom is -0.497 e. The normalized spacial score (nSPS) is 15.7. The third kappa shape index (κ3) is 3.93. The number of rotatable bonds is 6. The van der Waals surface area contributed by atoms with Crippen LogP contribution >= 0.6 is 0 Å². The molecule has 1 aromatic heterocycles. The molecule has 0 spiro atoms. The van der Waals surface area contributed by atoms with Crippen molar-refractivity contribution in [1.82, 2.24) is 15.0 Å². The molecule has 4 rings (SSSR count). The maximum absolute atomic E-state index is 13.2. The van der Waals surface area contributed by atoms with Crippen molar-refractivity contribution in [2.45, 2.75) is 25.8 Å². The molecule has 0 N–H and O–H groups in total. The van der Waals surface area contributed by atoms with Gasteiger partial charge in [0.25, 0.3) is 5.91 Å². The Morgan fingerprint density at radius 1 is 1.06 bits per heavy atom. The van der Waals surface area contributed by atoms with Gasteiger partial charge in [-0.15, -0.1) is 0 Å². The molecule has 0 saturated carbocycles. The molecule has 162 valence electrons. The van der Waals surface area contributed by atoms with Crippen LogP contribution in [0.3, 0.4) is 0 Å². The Morgan fingerprint density at radius 2 is 1.87 bits per heavy atom. The lowest BCUT2D eigenvalue weighted by atomic mass is 10.1. The van der Waals surface area contributed by atoms with Crippen molar-refractivity contribution in [2.75, 3.05) is 27.9 Å². The van der Waals surface area contributed by atoms with Gasteiger partial charge < -0.3 is 23.6 Å². The maximum Gasteiger partial charge on any atom is 0.254 e. The molecule has 0 bridgehead atoms. The molecule has 8 nitrogen and oxygen atoms in total. The van der Waals surface area contributed by atoms with Crippen LogP contribution in [-0.4, -0.2) is 48.8 Å². The topological polar surface area (TPSA) is 86.9 Å². The average Bonchev–Trinajstić information content (AvgIpc) is 3.47. The predicted octanol–water partition coefficient (Wildman–Crippen LogP) is 4.05.